The van der Waals surface area contributed by atoms with Gasteiger partial charge in [-0.1, -0.05) is 31.2 Å². The zero-order chi connectivity index (χ0) is 19.3. The molecule has 0 spiro atoms. The summed E-state index contributed by atoms with van der Waals surface area (Å²) >= 11 is 0. The van der Waals surface area contributed by atoms with Crippen LogP contribution in [0.4, 0.5) is 0 Å². The fraction of sp³-hybridized carbons (Fsp3) is 0.409. The van der Waals surface area contributed by atoms with Gasteiger partial charge in [0.15, 0.2) is 0 Å². The van der Waals surface area contributed by atoms with E-state index in [9.17, 15) is 9.59 Å². The van der Waals surface area contributed by atoms with Gasteiger partial charge >= 0.3 is 0 Å². The van der Waals surface area contributed by atoms with Crippen molar-refractivity contribution in [2.45, 2.75) is 32.6 Å². The summed E-state index contributed by atoms with van der Waals surface area (Å²) in [6, 6.07) is 12.3. The number of piperidine rings is 1. The number of carbonyl (C=O) groups is 2. The molecular weight excluding hydrogens is 338 g/mol. The lowest BCUT2D eigenvalue weighted by molar-refractivity contribution is -0.141. The number of carbonyl (C=O) groups excluding carboxylic acids is 2. The number of hydrogen-bond acceptors (Lipinski definition) is 3. The highest BCUT2D eigenvalue weighted by atomic mass is 16.2. The molecule has 5 nitrogen and oxygen atoms in total. The molecule has 0 aliphatic carbocycles. The first-order valence-electron chi connectivity index (χ1n) is 9.57. The Labute approximate surface area is 160 Å². The van der Waals surface area contributed by atoms with Crippen LogP contribution < -0.4 is 5.32 Å². The molecule has 1 N–H and O–H groups in total. The summed E-state index contributed by atoms with van der Waals surface area (Å²) in [5.74, 6) is 0.138. The molecule has 1 atom stereocenters. The molecule has 3 rings (SSSR count). The van der Waals surface area contributed by atoms with Crippen LogP contribution in [0.5, 0.6) is 0 Å². The van der Waals surface area contributed by atoms with Crippen LogP contribution in [0.2, 0.25) is 0 Å². The molecule has 1 fully saturated rings. The number of pyridine rings is 1. The van der Waals surface area contributed by atoms with Gasteiger partial charge in [-0.05, 0) is 48.1 Å². The van der Waals surface area contributed by atoms with E-state index < -0.39 is 5.41 Å². The largest absolute Gasteiger partial charge is 0.359 e. The third-order valence-corrected chi connectivity index (χ3v) is 5.42. The molecule has 1 unspecified atom stereocenters. The Morgan fingerprint density at radius 1 is 1.19 bits per heavy atom. The molecule has 1 aromatic heterocycles. The van der Waals surface area contributed by atoms with E-state index in [2.05, 4.69) is 28.5 Å². The molecule has 1 aliphatic heterocycles. The summed E-state index contributed by atoms with van der Waals surface area (Å²) in [5, 5.41) is 2.83. The molecule has 1 aliphatic rings. The van der Waals surface area contributed by atoms with Gasteiger partial charge in [0.05, 0.1) is 5.41 Å². The van der Waals surface area contributed by atoms with Crippen molar-refractivity contribution in [3.63, 3.8) is 0 Å². The van der Waals surface area contributed by atoms with Crippen LogP contribution in [-0.2, 0) is 16.0 Å². The summed E-state index contributed by atoms with van der Waals surface area (Å²) in [4.78, 5) is 31.0. The second kappa shape index (κ2) is 8.33. The summed E-state index contributed by atoms with van der Waals surface area (Å²) in [6.07, 6.45) is 6.30. The maximum Gasteiger partial charge on any atom is 0.228 e. The molecule has 2 amide bonds. The van der Waals surface area contributed by atoms with E-state index in [-0.39, 0.29) is 11.8 Å². The lowest BCUT2D eigenvalue weighted by Gasteiger charge is -2.41. The first-order chi connectivity index (χ1) is 13.1. The van der Waals surface area contributed by atoms with Gasteiger partial charge in [-0.15, -0.1) is 0 Å². The van der Waals surface area contributed by atoms with Gasteiger partial charge in [0.1, 0.15) is 0 Å². The number of hydrogen-bond donors (Lipinski definition) is 1. The van der Waals surface area contributed by atoms with Crippen LogP contribution in [0.15, 0.2) is 48.8 Å². The zero-order valence-electron chi connectivity index (χ0n) is 16.1. The molecule has 0 saturated carbocycles. The van der Waals surface area contributed by atoms with Gasteiger partial charge < -0.3 is 10.2 Å². The number of rotatable bonds is 5. The number of amides is 2. The number of likely N-dealkylation sites (tertiary alicyclic amines) is 1. The minimum absolute atomic E-state index is 0.0189. The van der Waals surface area contributed by atoms with E-state index in [1.165, 1.54) is 0 Å². The highest BCUT2D eigenvalue weighted by Gasteiger charge is 2.42. The molecule has 1 aromatic carbocycles. The van der Waals surface area contributed by atoms with Crippen molar-refractivity contribution in [2.24, 2.45) is 5.41 Å². The summed E-state index contributed by atoms with van der Waals surface area (Å²) in [6.45, 7) is 3.10. The van der Waals surface area contributed by atoms with Crippen LogP contribution in [0.1, 0.15) is 31.7 Å². The number of nitrogens with one attached hydrogen (secondary N) is 1. The normalized spacial score (nSPS) is 19.6. The van der Waals surface area contributed by atoms with E-state index in [0.717, 1.165) is 36.1 Å². The summed E-state index contributed by atoms with van der Waals surface area (Å²) in [5.41, 5.74) is 2.75. The van der Waals surface area contributed by atoms with Crippen molar-refractivity contribution in [1.29, 1.82) is 0 Å². The Bertz CT molecular complexity index is 806. The average molecular weight is 365 g/mol. The van der Waals surface area contributed by atoms with Crippen molar-refractivity contribution in [2.75, 3.05) is 20.1 Å². The average Bonchev–Trinajstić information content (AvgIpc) is 2.73. The van der Waals surface area contributed by atoms with Gasteiger partial charge in [0.2, 0.25) is 11.8 Å². The van der Waals surface area contributed by atoms with E-state index in [0.29, 0.717) is 19.4 Å². The van der Waals surface area contributed by atoms with Crippen LogP contribution in [-0.4, -0.2) is 41.8 Å². The monoisotopic (exact) mass is 365 g/mol. The lowest BCUT2D eigenvalue weighted by atomic mass is 9.74. The minimum Gasteiger partial charge on any atom is -0.359 e. The SMILES string of the molecule is CCC(=O)N1CCCC(Cc2cccc(-c3ccncc3)c2)(C(=O)NC)C1. The highest BCUT2D eigenvalue weighted by molar-refractivity contribution is 5.84. The van der Waals surface area contributed by atoms with Crippen LogP contribution in [0, 0.1) is 5.41 Å². The van der Waals surface area contributed by atoms with E-state index in [1.54, 1.807) is 19.4 Å². The molecule has 142 valence electrons. The standard InChI is InChI=1S/C22H27N3O2/c1-3-20(26)25-13-5-10-22(16-25,21(27)23-2)15-17-6-4-7-19(14-17)18-8-11-24-12-9-18/h4,6-9,11-12,14H,3,5,10,13,15-16H2,1-2H3,(H,23,27). The molecule has 2 heterocycles. The minimum atomic E-state index is -0.575. The number of benzene rings is 1. The first-order valence-corrected chi connectivity index (χ1v) is 9.57. The molecule has 1 saturated heterocycles. The first kappa shape index (κ1) is 19.1. The predicted octanol–water partition coefficient (Wildman–Crippen LogP) is 3.06. The van der Waals surface area contributed by atoms with Crippen molar-refractivity contribution >= 4 is 11.8 Å². The molecule has 0 radical (unpaired) electrons. The molecule has 0 bridgehead atoms. The summed E-state index contributed by atoms with van der Waals surface area (Å²) < 4.78 is 0. The van der Waals surface area contributed by atoms with Crippen molar-refractivity contribution in [3.8, 4) is 11.1 Å². The number of aromatic nitrogens is 1. The van der Waals surface area contributed by atoms with Crippen molar-refractivity contribution in [1.82, 2.24) is 15.2 Å². The maximum atomic E-state index is 12.8. The second-order valence-corrected chi connectivity index (χ2v) is 7.24. The van der Waals surface area contributed by atoms with E-state index >= 15 is 0 Å². The summed E-state index contributed by atoms with van der Waals surface area (Å²) in [7, 11) is 1.68. The Morgan fingerprint density at radius 3 is 2.67 bits per heavy atom. The Morgan fingerprint density at radius 2 is 1.96 bits per heavy atom. The van der Waals surface area contributed by atoms with E-state index in [4.69, 9.17) is 0 Å². The molecule has 27 heavy (non-hydrogen) atoms. The third kappa shape index (κ3) is 4.18. The Balaban J connectivity index is 1.89. The van der Waals surface area contributed by atoms with Gasteiger partial charge in [0.25, 0.3) is 0 Å². The fourth-order valence-corrected chi connectivity index (χ4v) is 4.04. The lowest BCUT2D eigenvalue weighted by Crippen LogP contribution is -2.53. The van der Waals surface area contributed by atoms with Crippen LogP contribution in [0.3, 0.4) is 0 Å². The zero-order valence-corrected chi connectivity index (χ0v) is 16.1. The third-order valence-electron chi connectivity index (χ3n) is 5.42. The second-order valence-electron chi connectivity index (χ2n) is 7.24. The van der Waals surface area contributed by atoms with Gasteiger partial charge in [-0.3, -0.25) is 14.6 Å². The van der Waals surface area contributed by atoms with Crippen molar-refractivity contribution in [3.05, 3.63) is 54.4 Å². The van der Waals surface area contributed by atoms with E-state index in [1.807, 2.05) is 30.0 Å². The van der Waals surface area contributed by atoms with Gasteiger partial charge in [-0.25, -0.2) is 0 Å². The number of nitrogens with zero attached hydrogens (tertiary/aromatic N) is 2. The smallest absolute Gasteiger partial charge is 0.228 e. The quantitative estimate of drug-likeness (QED) is 0.886. The maximum absolute atomic E-state index is 12.8. The van der Waals surface area contributed by atoms with Gasteiger partial charge in [0, 0.05) is 39.0 Å². The topological polar surface area (TPSA) is 62.3 Å². The Kier molecular flexibility index (Phi) is 5.89. The van der Waals surface area contributed by atoms with Crippen molar-refractivity contribution < 1.29 is 9.59 Å². The molecule has 2 aromatic rings. The van der Waals surface area contributed by atoms with Crippen LogP contribution >= 0.6 is 0 Å². The Hall–Kier alpha value is -2.69. The highest BCUT2D eigenvalue weighted by Crippen LogP contribution is 2.35. The molecule has 5 heteroatoms. The molecular formula is C22H27N3O2. The predicted molar refractivity (Wildman–Crippen MR) is 106 cm³/mol. The fourth-order valence-electron chi connectivity index (χ4n) is 4.04. The van der Waals surface area contributed by atoms with Gasteiger partial charge in [-0.2, -0.15) is 0 Å². The van der Waals surface area contributed by atoms with Crippen LogP contribution in [0.25, 0.3) is 11.1 Å².